The van der Waals surface area contributed by atoms with Crippen molar-refractivity contribution in [1.82, 2.24) is 25.6 Å². The number of nitrogens with zero attached hydrogens (tertiary/aromatic N) is 2. The van der Waals surface area contributed by atoms with E-state index in [1.165, 1.54) is 0 Å². The molecule has 0 saturated heterocycles. The van der Waals surface area contributed by atoms with Crippen molar-refractivity contribution in [2.45, 2.75) is 63.9 Å². The Kier molecular flexibility index (Phi) is 7.15. The highest BCUT2D eigenvalue weighted by Crippen LogP contribution is 2.63. The average molecular weight is 766 g/mol. The van der Waals surface area contributed by atoms with Gasteiger partial charge in [0.15, 0.2) is 27.8 Å². The van der Waals surface area contributed by atoms with Crippen molar-refractivity contribution < 1.29 is 27.9 Å². The molecular weight excluding hydrogens is 731 g/mol. The monoisotopic (exact) mass is 764 g/mol. The van der Waals surface area contributed by atoms with E-state index in [4.69, 9.17) is 57.2 Å². The number of nitrogens with one attached hydrogen (secondary N) is 3. The van der Waals surface area contributed by atoms with Gasteiger partial charge in [-0.15, -0.1) is 0 Å². The summed E-state index contributed by atoms with van der Waals surface area (Å²) in [6.45, 7) is 7.61. The van der Waals surface area contributed by atoms with Crippen molar-refractivity contribution in [2.24, 2.45) is 17.6 Å². The summed E-state index contributed by atoms with van der Waals surface area (Å²) in [4.78, 5) is 40.6. The number of amides is 2. The van der Waals surface area contributed by atoms with Crippen LogP contribution in [0.1, 0.15) is 62.1 Å². The number of ether oxygens (including phenoxy) is 2. The molecule has 14 heteroatoms. The normalized spacial score (nSPS) is 22.2. The molecule has 0 radical (unpaired) electrons. The van der Waals surface area contributed by atoms with Gasteiger partial charge in [-0.2, -0.15) is 4.98 Å². The molecule has 5 atom stereocenters. The zero-order valence-electron chi connectivity index (χ0n) is 29.5. The van der Waals surface area contributed by atoms with Crippen LogP contribution in [0.25, 0.3) is 44.9 Å². The van der Waals surface area contributed by atoms with E-state index in [0.29, 0.717) is 28.0 Å². The van der Waals surface area contributed by atoms with Crippen LogP contribution in [0.2, 0.25) is 10.3 Å². The lowest BCUT2D eigenvalue weighted by molar-refractivity contribution is -0.130. The summed E-state index contributed by atoms with van der Waals surface area (Å²) in [5, 5.41) is 7.23. The number of para-hydroxylation sites is 1. The molecule has 6 aromatic rings. The number of oxazole rings is 2. The Labute approximate surface area is 318 Å². The number of carbonyl (C=O) groups excluding carboxylic acids is 2. The van der Waals surface area contributed by atoms with E-state index in [0.717, 1.165) is 38.7 Å². The van der Waals surface area contributed by atoms with Crippen LogP contribution in [-0.2, 0) is 21.4 Å². The second-order valence-electron chi connectivity index (χ2n) is 15.1. The van der Waals surface area contributed by atoms with Crippen molar-refractivity contribution in [1.29, 1.82) is 0 Å². The molecule has 12 nitrogen and oxygen atoms in total. The van der Waals surface area contributed by atoms with Gasteiger partial charge in [-0.25, -0.2) is 4.98 Å². The van der Waals surface area contributed by atoms with Crippen LogP contribution in [0.4, 0.5) is 0 Å². The predicted molar refractivity (Wildman–Crippen MR) is 200 cm³/mol. The van der Waals surface area contributed by atoms with Gasteiger partial charge >= 0.3 is 0 Å². The molecule has 0 aliphatic carbocycles. The zero-order chi connectivity index (χ0) is 37.4. The molecule has 10 bridgehead atoms. The average Bonchev–Trinajstić information content (AvgIpc) is 3.94. The van der Waals surface area contributed by atoms with Gasteiger partial charge in [0.2, 0.25) is 17.7 Å². The van der Waals surface area contributed by atoms with Crippen molar-refractivity contribution in [2.75, 3.05) is 0 Å². The third kappa shape index (κ3) is 4.47. The Morgan fingerprint density at radius 3 is 2.59 bits per heavy atom. The molecule has 54 heavy (non-hydrogen) atoms. The van der Waals surface area contributed by atoms with Crippen molar-refractivity contribution in [3.05, 3.63) is 93.2 Å². The van der Waals surface area contributed by atoms with Crippen LogP contribution in [0.3, 0.4) is 0 Å². The van der Waals surface area contributed by atoms with Gasteiger partial charge in [0.05, 0.1) is 11.6 Å². The second kappa shape index (κ2) is 11.6. The minimum atomic E-state index is -1.23. The molecule has 0 saturated carbocycles. The number of benzene rings is 3. The van der Waals surface area contributed by atoms with Gasteiger partial charge < -0.3 is 39.7 Å². The minimum absolute atomic E-state index is 0.0818. The lowest BCUT2D eigenvalue weighted by Crippen LogP contribution is -2.54. The maximum absolute atomic E-state index is 14.2. The summed E-state index contributed by atoms with van der Waals surface area (Å²) < 4.78 is 27.2. The molecule has 0 fully saturated rings. The first-order valence-electron chi connectivity index (χ1n) is 17.9. The summed E-state index contributed by atoms with van der Waals surface area (Å²) in [7, 11) is 0. The molecule has 3 aromatic heterocycles. The number of nitrogens with two attached hydrogens (primary N) is 1. The van der Waals surface area contributed by atoms with Crippen molar-refractivity contribution in [3.63, 3.8) is 0 Å². The molecule has 274 valence electrons. The van der Waals surface area contributed by atoms with Gasteiger partial charge in [-0.3, -0.25) is 9.59 Å². The minimum Gasteiger partial charge on any atom is -0.453 e. The molecule has 1 spiro atoms. The third-order valence-corrected chi connectivity index (χ3v) is 11.7. The zero-order valence-corrected chi connectivity index (χ0v) is 31.1. The van der Waals surface area contributed by atoms with Gasteiger partial charge in [0.1, 0.15) is 28.7 Å². The Morgan fingerprint density at radius 1 is 1.00 bits per heavy atom. The number of H-pyrrole nitrogens is 1. The molecule has 10 rings (SSSR count). The predicted octanol–water partition coefficient (Wildman–Crippen LogP) is 7.05. The van der Waals surface area contributed by atoms with E-state index in [1.54, 1.807) is 0 Å². The van der Waals surface area contributed by atoms with Gasteiger partial charge in [-0.1, -0.05) is 93.4 Å². The Hall–Kier alpha value is -5.30. The molecular formula is C40H34Cl2N6O6. The number of hydrogen-bond donors (Lipinski definition) is 4. The Morgan fingerprint density at radius 2 is 1.80 bits per heavy atom. The van der Waals surface area contributed by atoms with Gasteiger partial charge in [-0.05, 0) is 35.1 Å². The van der Waals surface area contributed by atoms with Crippen LogP contribution in [0.15, 0.2) is 63.4 Å². The Balaban J connectivity index is 1.30. The fourth-order valence-corrected chi connectivity index (χ4v) is 8.84. The molecule has 7 heterocycles. The van der Waals surface area contributed by atoms with E-state index in [1.807, 2.05) is 82.3 Å². The van der Waals surface area contributed by atoms with Crippen LogP contribution in [0, 0.1) is 11.8 Å². The lowest BCUT2D eigenvalue weighted by atomic mass is 9.72. The molecule has 3 aromatic carbocycles. The lowest BCUT2D eigenvalue weighted by Gasteiger charge is -2.28. The van der Waals surface area contributed by atoms with Crippen LogP contribution >= 0.6 is 23.2 Å². The number of carbonyl (C=O) groups is 2. The van der Waals surface area contributed by atoms with Crippen LogP contribution in [0.5, 0.6) is 11.5 Å². The van der Waals surface area contributed by atoms with Crippen molar-refractivity contribution >= 4 is 45.9 Å². The molecule has 2 unspecified atom stereocenters. The van der Waals surface area contributed by atoms with E-state index < -0.39 is 41.6 Å². The van der Waals surface area contributed by atoms with Gasteiger partial charge in [0.25, 0.3) is 12.2 Å². The Bertz CT molecular complexity index is 2590. The third-order valence-electron chi connectivity index (χ3n) is 11.1. The van der Waals surface area contributed by atoms with E-state index in [9.17, 15) is 9.59 Å². The number of fused-ring (bicyclic) bond motifs is 7. The highest BCUT2D eigenvalue weighted by atomic mass is 35.5. The standard InChI is InChI=1S/C40H34Cl2N6O6/c1-15(2)27(43)36(50)45-23-14-17-11-12-24-21(13-17)40-20-9-5-8-19(30(20)53-39(40)51-24)18-7-6-10-22-25(18)26(33(41)44-22)31-34(42)48-38(52-31)29-32(40)54-37(47-29)28(16(3)4)46-35(23)49/h5-13,15-16,23,27-28,39,44H,14,43H2,1-4H3,(H,45,50)(H,46,49)/t23-,27-,28-,39?,40?/m0/s1. The first-order valence-corrected chi connectivity index (χ1v) is 18.7. The smallest absolute Gasteiger partial charge is 0.262 e. The largest absolute Gasteiger partial charge is 0.453 e. The molecule has 5 N–H and O–H groups in total. The molecule has 4 aliphatic heterocycles. The SMILES string of the molecule is CC(C)[C@H](N)C(=O)N[C@H]1Cc2ccc3c(c2)C24c5cccc(c5OC2O3)-c2cccc3[nH]c(Cl)c(c23)-c2oc(nc2Cl)-c2nc(oc24)[C@H](C(C)C)NC1=O. The number of aromatic nitrogens is 3. The first-order chi connectivity index (χ1) is 25.9. The highest BCUT2D eigenvalue weighted by molar-refractivity contribution is 6.37. The fraction of sp³-hybridized carbons (Fsp3) is 0.300. The summed E-state index contributed by atoms with van der Waals surface area (Å²) in [5.74, 6) is 0.867. The number of aromatic amines is 1. The summed E-state index contributed by atoms with van der Waals surface area (Å²) >= 11 is 13.9. The second-order valence-corrected chi connectivity index (χ2v) is 15.8. The molecule has 2 amide bonds. The van der Waals surface area contributed by atoms with Crippen LogP contribution < -0.4 is 25.8 Å². The van der Waals surface area contributed by atoms with Crippen LogP contribution in [-0.4, -0.2) is 45.1 Å². The fourth-order valence-electron chi connectivity index (χ4n) is 8.35. The highest BCUT2D eigenvalue weighted by Gasteiger charge is 2.63. The van der Waals surface area contributed by atoms with E-state index in [2.05, 4.69) is 15.6 Å². The van der Waals surface area contributed by atoms with Gasteiger partial charge in [0, 0.05) is 34.0 Å². The summed E-state index contributed by atoms with van der Waals surface area (Å²) in [5.41, 5.74) is 10.5. The number of hydrogen-bond acceptors (Lipinski definition) is 9. The number of rotatable bonds is 4. The number of halogens is 2. The summed E-state index contributed by atoms with van der Waals surface area (Å²) in [6.07, 6.45) is -0.765. The van der Waals surface area contributed by atoms with E-state index in [-0.39, 0.29) is 46.6 Å². The summed E-state index contributed by atoms with van der Waals surface area (Å²) in [6, 6.07) is 15.1. The first kappa shape index (κ1) is 33.3. The quantitative estimate of drug-likeness (QED) is 0.147. The molecule has 4 aliphatic rings. The maximum Gasteiger partial charge on any atom is 0.262 e. The maximum atomic E-state index is 14.2. The topological polar surface area (TPSA) is 171 Å². The van der Waals surface area contributed by atoms with E-state index >= 15 is 0 Å². The van der Waals surface area contributed by atoms with Crippen molar-refractivity contribution in [3.8, 4) is 45.5 Å².